The van der Waals surface area contributed by atoms with Crippen LogP contribution < -0.4 is 10.2 Å². The quantitative estimate of drug-likeness (QED) is 0.346. The van der Waals surface area contributed by atoms with E-state index in [-0.39, 0.29) is 23.5 Å². The molecule has 38 heavy (non-hydrogen) atoms. The third kappa shape index (κ3) is 7.35. The van der Waals surface area contributed by atoms with Gasteiger partial charge in [-0.3, -0.25) is 19.4 Å². The summed E-state index contributed by atoms with van der Waals surface area (Å²) in [6.45, 7) is 4.92. The van der Waals surface area contributed by atoms with Crippen molar-refractivity contribution in [2.75, 3.05) is 36.4 Å². The van der Waals surface area contributed by atoms with Crippen LogP contribution in [0.1, 0.15) is 59.7 Å². The lowest BCUT2D eigenvalue weighted by atomic mass is 9.89. The second kappa shape index (κ2) is 13.6. The van der Waals surface area contributed by atoms with Crippen molar-refractivity contribution in [1.82, 2.24) is 9.88 Å². The molecule has 1 N–H and O–H groups in total. The van der Waals surface area contributed by atoms with Gasteiger partial charge < -0.3 is 15.1 Å². The smallest absolute Gasteiger partial charge is 0.258 e. The number of rotatable bonds is 11. The van der Waals surface area contributed by atoms with Gasteiger partial charge >= 0.3 is 0 Å². The first-order valence-electron chi connectivity index (χ1n) is 13.5. The molecule has 0 spiro atoms. The monoisotopic (exact) mass is 512 g/mol. The van der Waals surface area contributed by atoms with E-state index in [1.54, 1.807) is 41.6 Å². The number of hydrogen-bond donors (Lipinski definition) is 1. The summed E-state index contributed by atoms with van der Waals surface area (Å²) in [5.41, 5.74) is 2.76. The fraction of sp³-hybridized carbons (Fsp3) is 0.355. The number of aromatic nitrogens is 1. The van der Waals surface area contributed by atoms with Crippen LogP contribution in [0.3, 0.4) is 0 Å². The van der Waals surface area contributed by atoms with E-state index in [0.29, 0.717) is 30.8 Å². The number of hydrogen-bond acceptors (Lipinski definition) is 5. The molecule has 4 rings (SSSR count). The molecule has 0 bridgehead atoms. The Morgan fingerprint density at radius 2 is 1.68 bits per heavy atom. The summed E-state index contributed by atoms with van der Waals surface area (Å²) >= 11 is 0. The minimum atomic E-state index is -0.115. The zero-order valence-corrected chi connectivity index (χ0v) is 22.0. The van der Waals surface area contributed by atoms with Crippen molar-refractivity contribution in [2.45, 2.75) is 39.0 Å². The van der Waals surface area contributed by atoms with Crippen LogP contribution in [-0.4, -0.2) is 53.7 Å². The van der Waals surface area contributed by atoms with Gasteiger partial charge in [0.25, 0.3) is 5.91 Å². The van der Waals surface area contributed by atoms with E-state index in [1.807, 2.05) is 42.5 Å². The molecule has 0 aliphatic carbocycles. The number of nitrogens with one attached hydrogen (secondary N) is 1. The highest BCUT2D eigenvalue weighted by Gasteiger charge is 2.26. The first-order valence-corrected chi connectivity index (χ1v) is 13.5. The Bertz CT molecular complexity index is 1190. The number of ketones is 1. The Morgan fingerprint density at radius 1 is 0.947 bits per heavy atom. The van der Waals surface area contributed by atoms with Crippen molar-refractivity contribution in [3.8, 4) is 0 Å². The lowest BCUT2D eigenvalue weighted by Crippen LogP contribution is -2.43. The number of amides is 2. The SMILES string of the molecule is CCCCC(=O)Nc1ccc(C(=O)N(CCN2CCC(C(=O)c3ccccc3)CC2)c2cccnc2)cc1. The van der Waals surface area contributed by atoms with Crippen LogP contribution in [0.25, 0.3) is 0 Å². The number of benzene rings is 2. The average molecular weight is 513 g/mol. The summed E-state index contributed by atoms with van der Waals surface area (Å²) in [5, 5.41) is 2.89. The molecule has 0 saturated carbocycles. The van der Waals surface area contributed by atoms with Gasteiger partial charge in [-0.2, -0.15) is 0 Å². The Kier molecular flexibility index (Phi) is 9.76. The lowest BCUT2D eigenvalue weighted by molar-refractivity contribution is -0.116. The first-order chi connectivity index (χ1) is 18.5. The molecule has 1 aliphatic rings. The predicted octanol–water partition coefficient (Wildman–Crippen LogP) is 5.45. The minimum Gasteiger partial charge on any atom is -0.326 e. The molecule has 198 valence electrons. The van der Waals surface area contributed by atoms with Crippen molar-refractivity contribution in [1.29, 1.82) is 0 Å². The Balaban J connectivity index is 1.36. The highest BCUT2D eigenvalue weighted by molar-refractivity contribution is 6.06. The van der Waals surface area contributed by atoms with E-state index in [0.717, 1.165) is 50.0 Å². The summed E-state index contributed by atoms with van der Waals surface area (Å²) < 4.78 is 0. The molecule has 0 atom stereocenters. The Hall–Kier alpha value is -3.84. The van der Waals surface area contributed by atoms with E-state index >= 15 is 0 Å². The van der Waals surface area contributed by atoms with Crippen LogP contribution in [0, 0.1) is 5.92 Å². The van der Waals surface area contributed by atoms with E-state index in [9.17, 15) is 14.4 Å². The van der Waals surface area contributed by atoms with Crippen molar-refractivity contribution in [3.63, 3.8) is 0 Å². The van der Waals surface area contributed by atoms with E-state index in [2.05, 4.69) is 22.1 Å². The van der Waals surface area contributed by atoms with Gasteiger partial charge in [0.15, 0.2) is 5.78 Å². The second-order valence-electron chi connectivity index (χ2n) is 9.74. The summed E-state index contributed by atoms with van der Waals surface area (Å²) in [6, 6.07) is 20.3. The first kappa shape index (κ1) is 27.2. The maximum absolute atomic E-state index is 13.5. The van der Waals surface area contributed by atoms with Gasteiger partial charge in [-0.25, -0.2) is 0 Å². The molecule has 7 nitrogen and oxygen atoms in total. The molecule has 2 heterocycles. The minimum absolute atomic E-state index is 0.0165. The van der Waals surface area contributed by atoms with Crippen molar-refractivity contribution >= 4 is 29.0 Å². The number of anilines is 2. The van der Waals surface area contributed by atoms with Gasteiger partial charge in [-0.1, -0.05) is 43.7 Å². The highest BCUT2D eigenvalue weighted by Crippen LogP contribution is 2.23. The molecule has 1 saturated heterocycles. The standard InChI is InChI=1S/C31H36N4O3/c1-2-3-11-29(36)33-27-14-12-26(13-15-27)31(38)35(28-10-7-18-32-23-28)22-21-34-19-16-25(17-20-34)30(37)24-8-5-4-6-9-24/h4-10,12-15,18,23,25H,2-3,11,16-17,19-22H2,1H3,(H,33,36). The number of pyridine rings is 1. The largest absolute Gasteiger partial charge is 0.326 e. The zero-order chi connectivity index (χ0) is 26.7. The van der Waals surface area contributed by atoms with Gasteiger partial charge in [0, 0.05) is 48.4 Å². The maximum Gasteiger partial charge on any atom is 0.258 e. The number of piperidine rings is 1. The molecule has 1 aliphatic heterocycles. The van der Waals surface area contributed by atoms with Gasteiger partial charge in [-0.05, 0) is 68.8 Å². The molecule has 2 amide bonds. The predicted molar refractivity (Wildman–Crippen MR) is 150 cm³/mol. The van der Waals surface area contributed by atoms with Crippen LogP contribution in [-0.2, 0) is 4.79 Å². The summed E-state index contributed by atoms with van der Waals surface area (Å²) in [5.74, 6) is 0.140. The third-order valence-electron chi connectivity index (χ3n) is 7.03. The summed E-state index contributed by atoms with van der Waals surface area (Å²) in [4.78, 5) is 46.7. The molecule has 2 aromatic carbocycles. The maximum atomic E-state index is 13.5. The highest BCUT2D eigenvalue weighted by atomic mass is 16.2. The van der Waals surface area contributed by atoms with Gasteiger partial charge in [0.2, 0.25) is 5.91 Å². The fourth-order valence-corrected chi connectivity index (χ4v) is 4.77. The Labute approximate surface area is 224 Å². The average Bonchev–Trinajstić information content (AvgIpc) is 2.97. The molecule has 7 heteroatoms. The van der Waals surface area contributed by atoms with Crippen LogP contribution in [0.15, 0.2) is 79.1 Å². The number of Topliss-reactive ketones (excluding diaryl/α,β-unsaturated/α-hetero) is 1. The lowest BCUT2D eigenvalue weighted by Gasteiger charge is -2.33. The summed E-state index contributed by atoms with van der Waals surface area (Å²) in [6.07, 6.45) is 7.34. The number of likely N-dealkylation sites (tertiary alicyclic amines) is 1. The van der Waals surface area contributed by atoms with Crippen molar-refractivity contribution in [2.24, 2.45) is 5.92 Å². The normalized spacial score (nSPS) is 14.1. The zero-order valence-electron chi connectivity index (χ0n) is 22.0. The molecular formula is C31H36N4O3. The topological polar surface area (TPSA) is 82.6 Å². The molecule has 0 radical (unpaired) electrons. The van der Waals surface area contributed by atoms with Crippen LogP contribution in [0.5, 0.6) is 0 Å². The number of carbonyl (C=O) groups excluding carboxylic acids is 3. The second-order valence-corrected chi connectivity index (χ2v) is 9.74. The van der Waals surface area contributed by atoms with Crippen molar-refractivity contribution < 1.29 is 14.4 Å². The van der Waals surface area contributed by atoms with E-state index in [1.165, 1.54) is 0 Å². The molecular weight excluding hydrogens is 476 g/mol. The van der Waals surface area contributed by atoms with Gasteiger partial charge in [-0.15, -0.1) is 0 Å². The van der Waals surface area contributed by atoms with Crippen LogP contribution in [0.4, 0.5) is 11.4 Å². The molecule has 1 fully saturated rings. The number of nitrogens with zero attached hydrogens (tertiary/aromatic N) is 3. The fourth-order valence-electron chi connectivity index (χ4n) is 4.77. The van der Waals surface area contributed by atoms with Crippen molar-refractivity contribution in [3.05, 3.63) is 90.3 Å². The Morgan fingerprint density at radius 3 is 2.34 bits per heavy atom. The third-order valence-corrected chi connectivity index (χ3v) is 7.03. The molecule has 0 unspecified atom stereocenters. The summed E-state index contributed by atoms with van der Waals surface area (Å²) in [7, 11) is 0. The van der Waals surface area contributed by atoms with Gasteiger partial charge in [0.05, 0.1) is 11.9 Å². The van der Waals surface area contributed by atoms with E-state index < -0.39 is 0 Å². The van der Waals surface area contributed by atoms with E-state index in [4.69, 9.17) is 0 Å². The molecule has 1 aromatic heterocycles. The van der Waals surface area contributed by atoms with Gasteiger partial charge in [0.1, 0.15) is 0 Å². The van der Waals surface area contributed by atoms with Crippen LogP contribution >= 0.6 is 0 Å². The number of carbonyl (C=O) groups is 3. The molecule has 3 aromatic rings. The van der Waals surface area contributed by atoms with Crippen LogP contribution in [0.2, 0.25) is 0 Å². The number of unbranched alkanes of at least 4 members (excludes halogenated alkanes) is 1.